The van der Waals surface area contributed by atoms with Gasteiger partial charge in [0.1, 0.15) is 0 Å². The molecular formula is C10H18F3N3OS. The third kappa shape index (κ3) is 4.03. The molecule has 1 aliphatic heterocycles. The molecule has 1 heterocycles. The minimum Gasteiger partial charge on any atom is -0.353 e. The smallest absolute Gasteiger partial charge is 0.353 e. The van der Waals surface area contributed by atoms with Gasteiger partial charge in [0.05, 0.1) is 0 Å². The molecule has 0 radical (unpaired) electrons. The predicted molar refractivity (Wildman–Crippen MR) is 65.4 cm³/mol. The van der Waals surface area contributed by atoms with Crippen molar-refractivity contribution in [2.75, 3.05) is 37.7 Å². The maximum absolute atomic E-state index is 12.5. The first-order chi connectivity index (χ1) is 8.25. The Morgan fingerprint density at radius 2 is 1.94 bits per heavy atom. The summed E-state index contributed by atoms with van der Waals surface area (Å²) >= 11 is 1.85. The summed E-state index contributed by atoms with van der Waals surface area (Å²) in [6.07, 6.45) is -4.74. The lowest BCUT2D eigenvalue weighted by atomic mass is 10.0. The number of rotatable bonds is 4. The highest BCUT2D eigenvalue weighted by atomic mass is 32.2. The lowest BCUT2D eigenvalue weighted by molar-refractivity contribution is -0.187. The van der Waals surface area contributed by atoms with Gasteiger partial charge in [0.2, 0.25) is 5.91 Å². The van der Waals surface area contributed by atoms with Crippen LogP contribution >= 0.6 is 11.8 Å². The summed E-state index contributed by atoms with van der Waals surface area (Å²) in [5, 5.41) is 2.24. The molecule has 4 nitrogen and oxygen atoms in total. The van der Waals surface area contributed by atoms with Gasteiger partial charge in [-0.1, -0.05) is 0 Å². The minimum absolute atomic E-state index is 0.187. The molecule has 1 amide bonds. The number of nitrogens with one attached hydrogen (secondary N) is 1. The van der Waals surface area contributed by atoms with E-state index >= 15 is 0 Å². The number of thioether (sulfide) groups is 1. The standard InChI is InChI=1S/C10H18F3N3OS/c1-9(14,10(11,12)13)8(17)15-2-3-16-4-6-18-7-5-16/h2-7,14H2,1H3,(H,15,17). The van der Waals surface area contributed by atoms with Gasteiger partial charge in [-0.05, 0) is 6.92 Å². The fourth-order valence-electron chi connectivity index (χ4n) is 1.46. The lowest BCUT2D eigenvalue weighted by Crippen LogP contribution is -2.61. The summed E-state index contributed by atoms with van der Waals surface area (Å²) in [5.74, 6) is 0.859. The summed E-state index contributed by atoms with van der Waals surface area (Å²) in [7, 11) is 0. The summed E-state index contributed by atoms with van der Waals surface area (Å²) in [6, 6.07) is 0. The average molecular weight is 285 g/mol. The highest BCUT2D eigenvalue weighted by molar-refractivity contribution is 7.99. The van der Waals surface area contributed by atoms with Crippen LogP contribution in [-0.2, 0) is 4.79 Å². The molecule has 3 N–H and O–H groups in total. The highest BCUT2D eigenvalue weighted by Crippen LogP contribution is 2.27. The number of nitrogens with zero attached hydrogens (tertiary/aromatic N) is 1. The minimum atomic E-state index is -4.74. The van der Waals surface area contributed by atoms with Crippen molar-refractivity contribution in [3.8, 4) is 0 Å². The van der Waals surface area contributed by atoms with Crippen molar-refractivity contribution in [2.24, 2.45) is 5.73 Å². The number of carbonyl (C=O) groups excluding carboxylic acids is 1. The van der Waals surface area contributed by atoms with Crippen LogP contribution in [0.3, 0.4) is 0 Å². The van der Waals surface area contributed by atoms with Crippen LogP contribution in [0, 0.1) is 0 Å². The van der Waals surface area contributed by atoms with Crippen molar-refractivity contribution in [3.63, 3.8) is 0 Å². The fraction of sp³-hybridized carbons (Fsp3) is 0.900. The van der Waals surface area contributed by atoms with Crippen LogP contribution in [0.2, 0.25) is 0 Å². The molecule has 1 rings (SSSR count). The maximum Gasteiger partial charge on any atom is 0.415 e. The summed E-state index contributed by atoms with van der Waals surface area (Å²) < 4.78 is 37.4. The fourth-order valence-corrected chi connectivity index (χ4v) is 2.44. The Hall–Kier alpha value is -0.470. The zero-order chi connectivity index (χ0) is 13.8. The number of alkyl halides is 3. The molecule has 1 aliphatic rings. The van der Waals surface area contributed by atoms with E-state index in [0.29, 0.717) is 13.5 Å². The molecule has 0 aromatic carbocycles. The second kappa shape index (κ2) is 6.12. The van der Waals surface area contributed by atoms with E-state index in [2.05, 4.69) is 10.2 Å². The molecule has 8 heteroatoms. The largest absolute Gasteiger partial charge is 0.415 e. The Kier molecular flexibility index (Phi) is 5.30. The van der Waals surface area contributed by atoms with Crippen LogP contribution in [-0.4, -0.2) is 60.2 Å². The zero-order valence-electron chi connectivity index (χ0n) is 10.2. The summed E-state index contributed by atoms with van der Waals surface area (Å²) in [6.45, 7) is 3.23. The van der Waals surface area contributed by atoms with E-state index in [-0.39, 0.29) is 6.54 Å². The van der Waals surface area contributed by atoms with E-state index < -0.39 is 17.6 Å². The number of carbonyl (C=O) groups is 1. The number of hydrogen-bond donors (Lipinski definition) is 2. The van der Waals surface area contributed by atoms with Gasteiger partial charge in [-0.25, -0.2) is 0 Å². The quantitative estimate of drug-likeness (QED) is 0.786. The van der Waals surface area contributed by atoms with Gasteiger partial charge >= 0.3 is 6.18 Å². The molecule has 0 bridgehead atoms. The van der Waals surface area contributed by atoms with Crippen LogP contribution in [0.1, 0.15) is 6.92 Å². The second-order valence-corrected chi connectivity index (χ2v) is 5.63. The van der Waals surface area contributed by atoms with E-state index in [9.17, 15) is 18.0 Å². The molecule has 1 fully saturated rings. The molecule has 106 valence electrons. The van der Waals surface area contributed by atoms with Gasteiger partial charge in [-0.3, -0.25) is 9.69 Å². The SMILES string of the molecule is CC(N)(C(=O)NCCN1CCSCC1)C(F)(F)F. The van der Waals surface area contributed by atoms with Crippen molar-refractivity contribution in [1.82, 2.24) is 10.2 Å². The first-order valence-electron chi connectivity index (χ1n) is 5.69. The average Bonchev–Trinajstić information content (AvgIpc) is 2.28. The van der Waals surface area contributed by atoms with Crippen molar-refractivity contribution in [2.45, 2.75) is 18.6 Å². The Balaban J connectivity index is 2.32. The predicted octanol–water partition coefficient (Wildman–Crippen LogP) is 0.431. The van der Waals surface area contributed by atoms with Crippen LogP contribution in [0.15, 0.2) is 0 Å². The van der Waals surface area contributed by atoms with Gasteiger partial charge < -0.3 is 11.1 Å². The molecule has 0 aromatic rings. The summed E-state index contributed by atoms with van der Waals surface area (Å²) in [5.41, 5.74) is 2.17. The van der Waals surface area contributed by atoms with Crippen LogP contribution in [0.4, 0.5) is 13.2 Å². The number of nitrogens with two attached hydrogens (primary N) is 1. The van der Waals surface area contributed by atoms with Gasteiger partial charge in [0, 0.05) is 37.7 Å². The normalized spacial score (nSPS) is 21.4. The first-order valence-corrected chi connectivity index (χ1v) is 6.84. The van der Waals surface area contributed by atoms with E-state index in [0.717, 1.165) is 24.6 Å². The lowest BCUT2D eigenvalue weighted by Gasteiger charge is -2.28. The van der Waals surface area contributed by atoms with Crippen molar-refractivity contribution >= 4 is 17.7 Å². The van der Waals surface area contributed by atoms with Crippen molar-refractivity contribution in [3.05, 3.63) is 0 Å². The van der Waals surface area contributed by atoms with Crippen molar-refractivity contribution < 1.29 is 18.0 Å². The number of halogens is 3. The monoisotopic (exact) mass is 285 g/mol. The highest BCUT2D eigenvalue weighted by Gasteiger charge is 2.53. The topological polar surface area (TPSA) is 58.4 Å². The molecule has 0 aliphatic carbocycles. The Labute approximate surface area is 108 Å². The van der Waals surface area contributed by atoms with E-state index in [1.165, 1.54) is 0 Å². The van der Waals surface area contributed by atoms with E-state index in [1.54, 1.807) is 0 Å². The molecule has 18 heavy (non-hydrogen) atoms. The van der Waals surface area contributed by atoms with Crippen molar-refractivity contribution in [1.29, 1.82) is 0 Å². The Morgan fingerprint density at radius 1 is 1.39 bits per heavy atom. The van der Waals surface area contributed by atoms with Crippen LogP contribution in [0.5, 0.6) is 0 Å². The Bertz CT molecular complexity index is 291. The van der Waals surface area contributed by atoms with Crippen LogP contribution < -0.4 is 11.1 Å². The van der Waals surface area contributed by atoms with E-state index in [4.69, 9.17) is 5.73 Å². The van der Waals surface area contributed by atoms with Gasteiger partial charge in [0.25, 0.3) is 0 Å². The zero-order valence-corrected chi connectivity index (χ0v) is 11.0. The Morgan fingerprint density at radius 3 is 2.44 bits per heavy atom. The maximum atomic E-state index is 12.5. The van der Waals surface area contributed by atoms with Gasteiger partial charge in [-0.15, -0.1) is 0 Å². The molecule has 1 unspecified atom stereocenters. The number of hydrogen-bond acceptors (Lipinski definition) is 4. The molecule has 1 saturated heterocycles. The van der Waals surface area contributed by atoms with E-state index in [1.807, 2.05) is 11.8 Å². The molecule has 0 saturated carbocycles. The summed E-state index contributed by atoms with van der Waals surface area (Å²) in [4.78, 5) is 13.5. The molecule has 0 spiro atoms. The number of amides is 1. The third-order valence-electron chi connectivity index (χ3n) is 2.88. The molecular weight excluding hydrogens is 267 g/mol. The third-order valence-corrected chi connectivity index (χ3v) is 3.82. The second-order valence-electron chi connectivity index (χ2n) is 4.41. The van der Waals surface area contributed by atoms with Crippen LogP contribution in [0.25, 0.3) is 0 Å². The van der Waals surface area contributed by atoms with Gasteiger partial charge in [0.15, 0.2) is 5.54 Å². The van der Waals surface area contributed by atoms with Gasteiger partial charge in [-0.2, -0.15) is 24.9 Å². The molecule has 0 aromatic heterocycles. The molecule has 1 atom stereocenters. The first kappa shape index (κ1) is 15.6.